The fraction of sp³-hybridized carbons (Fsp3) is 0.596. The van der Waals surface area contributed by atoms with Crippen LogP contribution in [0.2, 0.25) is 0 Å². The molecule has 386 valence electrons. The van der Waals surface area contributed by atoms with Crippen molar-refractivity contribution < 1.29 is 55.8 Å². The van der Waals surface area contributed by atoms with E-state index in [4.69, 9.17) is 32.3 Å². The minimum atomic E-state index is -3.73. The van der Waals surface area contributed by atoms with Crippen molar-refractivity contribution in [1.29, 1.82) is 0 Å². The van der Waals surface area contributed by atoms with Crippen molar-refractivity contribution in [1.82, 2.24) is 0 Å². The van der Waals surface area contributed by atoms with Gasteiger partial charge in [-0.15, -0.1) is 0 Å². The number of unbranched alkanes of at least 4 members (excludes halogenated alkanes) is 6. The Bertz CT molecular complexity index is 2100. The Labute approximate surface area is 421 Å². The molecule has 14 nitrogen and oxygen atoms in total. The van der Waals surface area contributed by atoms with Crippen molar-refractivity contribution in [2.45, 2.75) is 150 Å². The van der Waals surface area contributed by atoms with Crippen LogP contribution in [0.15, 0.2) is 82.3 Å². The first-order chi connectivity index (χ1) is 32.9. The molecule has 2 heterocycles. The summed E-state index contributed by atoms with van der Waals surface area (Å²) in [4.78, 5) is 43.1. The highest BCUT2D eigenvalue weighted by molar-refractivity contribution is 9.09. The maximum absolute atomic E-state index is 14.2. The third kappa shape index (κ3) is 18.2. The van der Waals surface area contributed by atoms with Crippen LogP contribution in [0.1, 0.15) is 150 Å². The average Bonchev–Trinajstić information content (AvgIpc) is 3.75. The zero-order valence-electron chi connectivity index (χ0n) is 42.7. The van der Waals surface area contributed by atoms with E-state index in [1.54, 1.807) is 27.7 Å². The minimum absolute atomic E-state index is 0.0675. The van der Waals surface area contributed by atoms with E-state index in [0.717, 1.165) is 71.4 Å². The van der Waals surface area contributed by atoms with Gasteiger partial charge in [0.25, 0.3) is 0 Å². The predicted molar refractivity (Wildman–Crippen MR) is 281 cm³/mol. The summed E-state index contributed by atoms with van der Waals surface area (Å²) in [7, 11) is -7.13. The van der Waals surface area contributed by atoms with Gasteiger partial charge in [0.15, 0.2) is 0 Å². The molecule has 0 fully saturated rings. The number of hydrogen-bond acceptors (Lipinski definition) is 14. The van der Waals surface area contributed by atoms with Crippen LogP contribution in [0.3, 0.4) is 0 Å². The van der Waals surface area contributed by atoms with Crippen molar-refractivity contribution >= 4 is 71.8 Å². The number of hydrogen-bond donors (Lipinski definition) is 0. The van der Waals surface area contributed by atoms with E-state index in [-0.39, 0.29) is 31.1 Å². The summed E-state index contributed by atoms with van der Waals surface area (Å²) in [6.45, 7) is 27.4. The minimum Gasteiger partial charge on any atom is -0.466 e. The normalized spacial score (nSPS) is 16.9. The summed E-state index contributed by atoms with van der Waals surface area (Å²) in [5, 5.41) is 1.84. The molecule has 2 aromatic rings. The van der Waals surface area contributed by atoms with Gasteiger partial charge in [-0.25, -0.2) is 0 Å². The molecule has 2 atom stereocenters. The van der Waals surface area contributed by atoms with Crippen LogP contribution in [0, 0.1) is 0 Å². The number of carbonyl (C=O) groups excluding carboxylic acids is 3. The van der Waals surface area contributed by atoms with Gasteiger partial charge in [-0.3, -0.25) is 33.5 Å². The molecule has 0 saturated carbocycles. The lowest BCUT2D eigenvalue weighted by molar-refractivity contribution is -0.144. The monoisotopic (exact) mass is 1060 g/mol. The SMILES string of the molecule is C=C(C1(C)C(C)=Nc2ccccc21)P(=O)(OCC)OCC.C=C(C1(C)C(C)=Nc2ccccc21)P(=O)(OCCCCCC(=O)OCC)OCCCCCC(=O)OCC.CCOC(=O)CCCCCBr. The number of carbonyl (C=O) groups is 3. The van der Waals surface area contributed by atoms with E-state index < -0.39 is 26.0 Å². The molecule has 2 unspecified atom stereocenters. The van der Waals surface area contributed by atoms with Crippen LogP contribution < -0.4 is 0 Å². The van der Waals surface area contributed by atoms with E-state index in [0.29, 0.717) is 88.6 Å². The highest BCUT2D eigenvalue weighted by Gasteiger charge is 2.49. The largest absolute Gasteiger partial charge is 0.466 e. The first kappa shape index (κ1) is 61.6. The topological polar surface area (TPSA) is 175 Å². The smallest absolute Gasteiger partial charge is 0.358 e. The van der Waals surface area contributed by atoms with Gasteiger partial charge in [0.1, 0.15) is 0 Å². The first-order valence-electron chi connectivity index (χ1n) is 24.4. The molecule has 2 aromatic carbocycles. The van der Waals surface area contributed by atoms with Gasteiger partial charge in [0.2, 0.25) is 0 Å². The van der Waals surface area contributed by atoms with Gasteiger partial charge in [-0.1, -0.05) is 84.7 Å². The third-order valence-corrected chi connectivity index (χ3v) is 16.8. The average molecular weight is 1070 g/mol. The number of nitrogens with zero attached hydrogens (tertiary/aromatic N) is 2. The standard InChI is InChI=1S/C28H42NO7P.C16H22NO3P.C8H15BrO2/c1-6-33-26(30)18-10-8-14-20-35-37(32,36-21-15-9-11-19-27(31)34-7-2)23(4)28(5)22(3)29-25-17-13-12-16-24(25)28;1-6-19-21(18,20-7-2)13(4)16(5)12(3)17-15-11-9-8-10-14(15)16;1-2-11-8(10)6-4-3-5-7-9/h12-13,16-17H,4,6-11,14-15,18-21H2,1-3,5H3;8-11H,4,6-7H2,1-3,5H3;2-7H2,1H3. The number of allylic oxidation sites excluding steroid dienone is 2. The van der Waals surface area contributed by atoms with Crippen molar-refractivity contribution in [2.24, 2.45) is 9.98 Å². The first-order valence-corrected chi connectivity index (χ1v) is 28.6. The lowest BCUT2D eigenvalue weighted by Crippen LogP contribution is -2.30. The Kier molecular flexibility index (Phi) is 28.3. The van der Waals surface area contributed by atoms with Crippen molar-refractivity contribution in [3.8, 4) is 0 Å². The van der Waals surface area contributed by atoms with Gasteiger partial charge in [0, 0.05) is 36.0 Å². The number of ether oxygens (including phenoxy) is 3. The summed E-state index contributed by atoms with van der Waals surface area (Å²) < 4.78 is 64.7. The lowest BCUT2D eigenvalue weighted by atomic mass is 9.80. The van der Waals surface area contributed by atoms with Gasteiger partial charge < -0.3 is 32.3 Å². The maximum atomic E-state index is 14.2. The van der Waals surface area contributed by atoms with E-state index in [1.807, 2.05) is 83.1 Å². The number of rotatable bonds is 30. The van der Waals surface area contributed by atoms with Crippen LogP contribution in [0.5, 0.6) is 0 Å². The Morgan fingerprint density at radius 1 is 0.522 bits per heavy atom. The Balaban J connectivity index is 0.000000424. The maximum Gasteiger partial charge on any atom is 0.358 e. The van der Waals surface area contributed by atoms with Gasteiger partial charge in [0.05, 0.1) is 79.1 Å². The molecule has 2 aliphatic rings. The highest BCUT2D eigenvalue weighted by Crippen LogP contribution is 2.65. The van der Waals surface area contributed by atoms with Crippen LogP contribution in [-0.4, -0.2) is 80.9 Å². The van der Waals surface area contributed by atoms with E-state index in [2.05, 4.69) is 39.1 Å². The molecular formula is C52H79BrN2O12P2. The fourth-order valence-corrected chi connectivity index (χ4v) is 11.9. The predicted octanol–water partition coefficient (Wildman–Crippen LogP) is 14.4. The van der Waals surface area contributed by atoms with Crippen molar-refractivity contribution in [2.75, 3.05) is 51.6 Å². The molecule has 0 spiro atoms. The van der Waals surface area contributed by atoms with Crippen molar-refractivity contribution in [3.63, 3.8) is 0 Å². The molecule has 4 rings (SSSR count). The zero-order chi connectivity index (χ0) is 51.5. The van der Waals surface area contributed by atoms with Crippen LogP contribution in [0.25, 0.3) is 0 Å². The molecule has 69 heavy (non-hydrogen) atoms. The number of alkyl halides is 1. The molecule has 2 aliphatic heterocycles. The molecule has 0 aliphatic carbocycles. The molecule has 0 amide bonds. The molecule has 0 radical (unpaired) electrons. The number of para-hydroxylation sites is 2. The second kappa shape index (κ2) is 31.7. The third-order valence-electron chi connectivity index (χ3n) is 11.8. The second-order valence-corrected chi connectivity index (χ2v) is 21.5. The molecule has 0 N–H and O–H groups in total. The second-order valence-electron chi connectivity index (χ2n) is 16.6. The number of esters is 3. The molecule has 17 heteroatoms. The number of fused-ring (bicyclic) bond motifs is 2. The Morgan fingerprint density at radius 2 is 0.855 bits per heavy atom. The zero-order valence-corrected chi connectivity index (χ0v) is 46.1. The summed E-state index contributed by atoms with van der Waals surface area (Å²) in [6, 6.07) is 15.6. The summed E-state index contributed by atoms with van der Waals surface area (Å²) >= 11 is 3.33. The molecular weight excluding hydrogens is 986 g/mol. The van der Waals surface area contributed by atoms with Crippen molar-refractivity contribution in [3.05, 3.63) is 83.4 Å². The van der Waals surface area contributed by atoms with Crippen LogP contribution in [0.4, 0.5) is 11.4 Å². The Hall–Kier alpha value is -3.55. The number of halogens is 1. The fourth-order valence-electron chi connectivity index (χ4n) is 7.67. The van der Waals surface area contributed by atoms with E-state index >= 15 is 0 Å². The van der Waals surface area contributed by atoms with Gasteiger partial charge in [-0.2, -0.15) is 0 Å². The molecule has 0 saturated heterocycles. The number of aliphatic imine (C=N–C) groups is 2. The van der Waals surface area contributed by atoms with E-state index in [1.165, 1.54) is 0 Å². The van der Waals surface area contributed by atoms with Gasteiger partial charge in [-0.05, 0) is 124 Å². The van der Waals surface area contributed by atoms with Crippen LogP contribution in [-0.2, 0) is 66.6 Å². The van der Waals surface area contributed by atoms with Gasteiger partial charge >= 0.3 is 33.1 Å². The summed E-state index contributed by atoms with van der Waals surface area (Å²) in [6.07, 6.45) is 8.53. The Morgan fingerprint density at radius 3 is 1.19 bits per heavy atom. The highest BCUT2D eigenvalue weighted by atomic mass is 79.9. The van der Waals surface area contributed by atoms with E-state index in [9.17, 15) is 23.5 Å². The molecule has 0 bridgehead atoms. The van der Waals surface area contributed by atoms with Crippen LogP contribution >= 0.6 is 31.1 Å². The quantitative estimate of drug-likeness (QED) is 0.0238. The summed E-state index contributed by atoms with van der Waals surface area (Å²) in [5.74, 6) is -0.491. The number of benzene rings is 2. The summed E-state index contributed by atoms with van der Waals surface area (Å²) in [5.41, 5.74) is 3.87. The lowest BCUT2D eigenvalue weighted by Gasteiger charge is -2.33. The molecule has 0 aromatic heterocycles.